The van der Waals surface area contributed by atoms with E-state index in [4.69, 9.17) is 21.1 Å². The molecule has 0 aliphatic heterocycles. The number of amides is 1. The van der Waals surface area contributed by atoms with Crippen molar-refractivity contribution in [3.63, 3.8) is 0 Å². The van der Waals surface area contributed by atoms with Crippen molar-refractivity contribution in [2.45, 2.75) is 13.5 Å². The Kier molecular flexibility index (Phi) is 7.40. The molecule has 0 spiro atoms. The maximum absolute atomic E-state index is 13.0. The van der Waals surface area contributed by atoms with Crippen molar-refractivity contribution in [3.05, 3.63) is 94.3 Å². The molecule has 30 heavy (non-hydrogen) atoms. The third kappa shape index (κ3) is 6.06. The van der Waals surface area contributed by atoms with Crippen LogP contribution in [-0.4, -0.2) is 18.7 Å². The van der Waals surface area contributed by atoms with Crippen LogP contribution in [-0.2, 0) is 6.61 Å². The molecule has 7 heteroatoms. The summed E-state index contributed by atoms with van der Waals surface area (Å²) in [6.45, 7) is 2.70. The monoisotopic (exact) mass is 426 g/mol. The second-order valence-electron chi connectivity index (χ2n) is 6.25. The third-order valence-electron chi connectivity index (χ3n) is 4.08. The van der Waals surface area contributed by atoms with E-state index in [2.05, 4.69) is 10.5 Å². The van der Waals surface area contributed by atoms with Crippen LogP contribution in [0.25, 0.3) is 0 Å². The van der Waals surface area contributed by atoms with Crippen molar-refractivity contribution in [1.29, 1.82) is 0 Å². The summed E-state index contributed by atoms with van der Waals surface area (Å²) in [6.07, 6.45) is 1.46. The number of nitrogens with one attached hydrogen (secondary N) is 1. The molecule has 1 amide bonds. The number of benzene rings is 3. The lowest BCUT2D eigenvalue weighted by molar-refractivity contribution is 0.0955. The molecule has 0 aliphatic carbocycles. The first-order valence-electron chi connectivity index (χ1n) is 9.28. The fourth-order valence-electron chi connectivity index (χ4n) is 2.59. The Morgan fingerprint density at radius 3 is 2.50 bits per heavy atom. The molecule has 0 heterocycles. The number of nitrogens with zero attached hydrogens (tertiary/aromatic N) is 1. The summed E-state index contributed by atoms with van der Waals surface area (Å²) < 4.78 is 24.2. The van der Waals surface area contributed by atoms with Gasteiger partial charge < -0.3 is 9.47 Å². The second kappa shape index (κ2) is 10.4. The molecule has 3 rings (SSSR count). The number of halogens is 2. The highest BCUT2D eigenvalue weighted by Gasteiger charge is 2.06. The number of hydrogen-bond acceptors (Lipinski definition) is 4. The Bertz CT molecular complexity index is 1020. The predicted octanol–water partition coefficient (Wildman–Crippen LogP) is 5.22. The molecule has 0 bridgehead atoms. The van der Waals surface area contributed by atoms with Gasteiger partial charge in [0.25, 0.3) is 5.91 Å². The summed E-state index contributed by atoms with van der Waals surface area (Å²) in [5.41, 5.74) is 4.34. The van der Waals surface area contributed by atoms with Gasteiger partial charge in [0.1, 0.15) is 23.9 Å². The van der Waals surface area contributed by atoms with Crippen LogP contribution < -0.4 is 14.9 Å². The molecule has 154 valence electrons. The molecule has 3 aromatic rings. The van der Waals surface area contributed by atoms with E-state index >= 15 is 0 Å². The number of carbonyl (C=O) groups excluding carboxylic acids is 1. The first-order chi connectivity index (χ1) is 14.5. The van der Waals surface area contributed by atoms with Gasteiger partial charge in [0.05, 0.1) is 12.8 Å². The Morgan fingerprint density at radius 1 is 1.07 bits per heavy atom. The lowest BCUT2D eigenvalue weighted by Crippen LogP contribution is -2.17. The fraction of sp³-hybridized carbons (Fsp3) is 0.130. The van der Waals surface area contributed by atoms with E-state index in [0.29, 0.717) is 34.3 Å². The van der Waals surface area contributed by atoms with Crippen molar-refractivity contribution < 1.29 is 18.7 Å². The van der Waals surface area contributed by atoms with E-state index in [1.165, 1.54) is 18.3 Å². The number of hydrazone groups is 1. The molecular weight excluding hydrogens is 407 g/mol. The summed E-state index contributed by atoms with van der Waals surface area (Å²) in [7, 11) is 0. The highest BCUT2D eigenvalue weighted by molar-refractivity contribution is 6.30. The van der Waals surface area contributed by atoms with Gasteiger partial charge in [0.2, 0.25) is 0 Å². The minimum Gasteiger partial charge on any atom is -0.494 e. The van der Waals surface area contributed by atoms with E-state index in [9.17, 15) is 9.18 Å². The van der Waals surface area contributed by atoms with E-state index in [1.807, 2.05) is 6.92 Å². The van der Waals surface area contributed by atoms with Crippen molar-refractivity contribution in [1.82, 2.24) is 5.43 Å². The van der Waals surface area contributed by atoms with Crippen molar-refractivity contribution in [2.75, 3.05) is 6.61 Å². The van der Waals surface area contributed by atoms with Crippen LogP contribution in [0.1, 0.15) is 28.4 Å². The van der Waals surface area contributed by atoms with Crippen LogP contribution in [0.5, 0.6) is 11.5 Å². The van der Waals surface area contributed by atoms with Crippen LogP contribution >= 0.6 is 11.6 Å². The SMILES string of the molecule is CCOc1ccc(C(=O)N/N=C\c2cc(Cl)ccc2OCc2ccc(F)cc2)cc1. The molecule has 0 radical (unpaired) electrons. The number of rotatable bonds is 8. The Hall–Kier alpha value is -3.38. The van der Waals surface area contributed by atoms with E-state index in [-0.39, 0.29) is 18.3 Å². The Balaban J connectivity index is 1.64. The van der Waals surface area contributed by atoms with Gasteiger partial charge in [-0.1, -0.05) is 23.7 Å². The van der Waals surface area contributed by atoms with Gasteiger partial charge in [-0.05, 0) is 67.1 Å². The zero-order valence-electron chi connectivity index (χ0n) is 16.3. The van der Waals surface area contributed by atoms with Gasteiger partial charge in [-0.15, -0.1) is 0 Å². The summed E-state index contributed by atoms with van der Waals surface area (Å²) in [6, 6.07) is 17.9. The van der Waals surface area contributed by atoms with Gasteiger partial charge in [-0.25, -0.2) is 9.82 Å². The first-order valence-corrected chi connectivity index (χ1v) is 9.66. The average Bonchev–Trinajstić information content (AvgIpc) is 2.75. The van der Waals surface area contributed by atoms with Crippen LogP contribution in [0.4, 0.5) is 4.39 Å². The molecular formula is C23H20ClFN2O3. The average molecular weight is 427 g/mol. The highest BCUT2D eigenvalue weighted by Crippen LogP contribution is 2.22. The number of ether oxygens (including phenoxy) is 2. The molecule has 0 atom stereocenters. The van der Waals surface area contributed by atoms with E-state index < -0.39 is 0 Å². The molecule has 1 N–H and O–H groups in total. The number of hydrogen-bond donors (Lipinski definition) is 1. The maximum atomic E-state index is 13.0. The highest BCUT2D eigenvalue weighted by atomic mass is 35.5. The van der Waals surface area contributed by atoms with Crippen molar-refractivity contribution in [3.8, 4) is 11.5 Å². The molecule has 3 aromatic carbocycles. The summed E-state index contributed by atoms with van der Waals surface area (Å²) in [5.74, 6) is 0.564. The van der Waals surface area contributed by atoms with Crippen molar-refractivity contribution >= 4 is 23.7 Å². The maximum Gasteiger partial charge on any atom is 0.271 e. The minimum absolute atomic E-state index is 0.251. The molecule has 0 fully saturated rings. The Morgan fingerprint density at radius 2 is 1.80 bits per heavy atom. The largest absolute Gasteiger partial charge is 0.494 e. The zero-order chi connectivity index (χ0) is 21.3. The third-order valence-corrected chi connectivity index (χ3v) is 4.31. The second-order valence-corrected chi connectivity index (χ2v) is 6.69. The quantitative estimate of drug-likeness (QED) is 0.397. The molecule has 0 aromatic heterocycles. The Labute approximate surface area is 179 Å². The van der Waals surface area contributed by atoms with Gasteiger partial charge in [0, 0.05) is 16.1 Å². The zero-order valence-corrected chi connectivity index (χ0v) is 17.0. The fourth-order valence-corrected chi connectivity index (χ4v) is 2.77. The van der Waals surface area contributed by atoms with Crippen LogP contribution in [0.3, 0.4) is 0 Å². The normalized spacial score (nSPS) is 10.8. The number of carbonyl (C=O) groups is 1. The van der Waals surface area contributed by atoms with Gasteiger partial charge in [-0.3, -0.25) is 4.79 Å². The minimum atomic E-state index is -0.356. The van der Waals surface area contributed by atoms with Crippen molar-refractivity contribution in [2.24, 2.45) is 5.10 Å². The molecule has 0 saturated carbocycles. The smallest absolute Gasteiger partial charge is 0.271 e. The summed E-state index contributed by atoms with van der Waals surface area (Å²) in [5, 5.41) is 4.50. The molecule has 5 nitrogen and oxygen atoms in total. The lowest BCUT2D eigenvalue weighted by Gasteiger charge is -2.10. The van der Waals surface area contributed by atoms with Gasteiger partial charge in [0.15, 0.2) is 0 Å². The molecule has 0 unspecified atom stereocenters. The topological polar surface area (TPSA) is 59.9 Å². The van der Waals surface area contributed by atoms with E-state index in [0.717, 1.165) is 5.56 Å². The standard InChI is InChI=1S/C23H20ClFN2O3/c1-2-29-21-10-5-17(6-11-21)23(28)27-26-14-18-13-19(24)7-12-22(18)30-15-16-3-8-20(25)9-4-16/h3-14H,2,15H2,1H3,(H,27,28)/b26-14-. The molecule has 0 aliphatic rings. The van der Waals surface area contributed by atoms with E-state index in [1.54, 1.807) is 54.6 Å². The van der Waals surface area contributed by atoms with Crippen LogP contribution in [0.15, 0.2) is 71.8 Å². The van der Waals surface area contributed by atoms with Crippen LogP contribution in [0, 0.1) is 5.82 Å². The summed E-state index contributed by atoms with van der Waals surface area (Å²) >= 11 is 6.07. The van der Waals surface area contributed by atoms with Crippen LogP contribution in [0.2, 0.25) is 5.02 Å². The molecule has 0 saturated heterocycles. The first kappa shape index (κ1) is 21.3. The summed E-state index contributed by atoms with van der Waals surface area (Å²) in [4.78, 5) is 12.2. The van der Waals surface area contributed by atoms with Gasteiger partial charge >= 0.3 is 0 Å². The lowest BCUT2D eigenvalue weighted by atomic mass is 10.2. The predicted molar refractivity (Wildman–Crippen MR) is 115 cm³/mol. The van der Waals surface area contributed by atoms with Gasteiger partial charge in [-0.2, -0.15) is 5.10 Å².